The lowest BCUT2D eigenvalue weighted by molar-refractivity contribution is -0.385. The van der Waals surface area contributed by atoms with Crippen LogP contribution in [0, 0.1) is 10.1 Å². The molecule has 0 fully saturated rings. The maximum absolute atomic E-state index is 12.1. The van der Waals surface area contributed by atoms with Crippen LogP contribution < -0.4 is 0 Å². The lowest BCUT2D eigenvalue weighted by Gasteiger charge is -2.06. The number of alkyl halides is 3. The molecule has 0 aliphatic heterocycles. The van der Waals surface area contributed by atoms with Crippen molar-refractivity contribution in [3.8, 4) is 0 Å². The van der Waals surface area contributed by atoms with Crippen molar-refractivity contribution in [2.24, 2.45) is 0 Å². The third-order valence-electron chi connectivity index (χ3n) is 1.31. The zero-order valence-corrected chi connectivity index (χ0v) is 7.13. The van der Waals surface area contributed by atoms with Crippen molar-refractivity contribution in [3.05, 3.63) is 33.1 Å². The molecule has 1 aromatic rings. The molecule has 0 spiro atoms. The molecule has 8 heteroatoms. The summed E-state index contributed by atoms with van der Waals surface area (Å²) in [5, 5.41) is 9.35. The summed E-state index contributed by atoms with van der Waals surface area (Å²) >= 11 is 5.17. The highest BCUT2D eigenvalue weighted by molar-refractivity contribution is 6.31. The molecule has 0 aliphatic rings. The van der Waals surface area contributed by atoms with Gasteiger partial charge in [0.1, 0.15) is 6.20 Å². The van der Waals surface area contributed by atoms with Gasteiger partial charge in [-0.05, 0) is 0 Å². The monoisotopic (exact) mass is 226 g/mol. The summed E-state index contributed by atoms with van der Waals surface area (Å²) in [5.74, 6) is 0. The van der Waals surface area contributed by atoms with Crippen LogP contribution >= 0.6 is 11.6 Å². The van der Waals surface area contributed by atoms with Crippen LogP contribution in [0.25, 0.3) is 0 Å². The van der Waals surface area contributed by atoms with Crippen LogP contribution in [-0.4, -0.2) is 9.91 Å². The van der Waals surface area contributed by atoms with E-state index in [-0.39, 0.29) is 0 Å². The van der Waals surface area contributed by atoms with Gasteiger partial charge in [0.2, 0.25) is 0 Å². The van der Waals surface area contributed by atoms with Crippen LogP contribution in [-0.2, 0) is 6.18 Å². The van der Waals surface area contributed by atoms with E-state index in [1.54, 1.807) is 0 Å². The van der Waals surface area contributed by atoms with Gasteiger partial charge in [0.05, 0.1) is 9.95 Å². The molecule has 0 aromatic carbocycles. The SMILES string of the molecule is O=[N+]([O-])c1cnc(C(F)(F)F)c(Cl)c1. The van der Waals surface area contributed by atoms with Gasteiger partial charge in [-0.25, -0.2) is 4.98 Å². The second-order valence-corrected chi connectivity index (χ2v) is 2.69. The van der Waals surface area contributed by atoms with E-state index in [0.29, 0.717) is 12.3 Å². The number of aromatic nitrogens is 1. The van der Waals surface area contributed by atoms with Gasteiger partial charge >= 0.3 is 6.18 Å². The Morgan fingerprint density at radius 2 is 2.07 bits per heavy atom. The largest absolute Gasteiger partial charge is 0.434 e. The number of pyridine rings is 1. The number of nitrogens with zero attached hydrogens (tertiary/aromatic N) is 2. The van der Waals surface area contributed by atoms with Crippen LogP contribution in [0.1, 0.15) is 5.69 Å². The fourth-order valence-corrected chi connectivity index (χ4v) is 1.00. The van der Waals surface area contributed by atoms with Crippen molar-refractivity contribution in [3.63, 3.8) is 0 Å². The van der Waals surface area contributed by atoms with E-state index in [2.05, 4.69) is 4.98 Å². The Labute approximate surface area is 80.5 Å². The van der Waals surface area contributed by atoms with Crippen LogP contribution in [0.2, 0.25) is 5.02 Å². The quantitative estimate of drug-likeness (QED) is 0.546. The summed E-state index contributed by atoms with van der Waals surface area (Å²) in [6.07, 6.45) is -4.19. The fraction of sp³-hybridized carbons (Fsp3) is 0.167. The zero-order valence-electron chi connectivity index (χ0n) is 6.38. The molecule has 0 amide bonds. The molecule has 0 unspecified atom stereocenters. The first-order chi connectivity index (χ1) is 6.32. The minimum atomic E-state index is -4.70. The topological polar surface area (TPSA) is 56.0 Å². The second kappa shape index (κ2) is 3.41. The molecule has 0 atom stereocenters. The van der Waals surface area contributed by atoms with Gasteiger partial charge in [-0.3, -0.25) is 10.1 Å². The highest BCUT2D eigenvalue weighted by Crippen LogP contribution is 2.34. The standard InChI is InChI=1S/C6H2ClF3N2O2/c7-4-1-3(12(13)14)2-11-5(4)6(8,9)10/h1-2H. The summed E-state index contributed by atoms with van der Waals surface area (Å²) in [4.78, 5) is 12.1. The van der Waals surface area contributed by atoms with Gasteiger partial charge in [0.25, 0.3) is 5.69 Å². The Morgan fingerprint density at radius 3 is 2.43 bits per heavy atom. The first-order valence-electron chi connectivity index (χ1n) is 3.19. The average Bonchev–Trinajstić information content (AvgIpc) is 2.01. The lowest BCUT2D eigenvalue weighted by atomic mass is 10.3. The predicted molar refractivity (Wildman–Crippen MR) is 40.9 cm³/mol. The third-order valence-corrected chi connectivity index (χ3v) is 1.59. The van der Waals surface area contributed by atoms with Crippen molar-refractivity contribution in [2.45, 2.75) is 6.18 Å². The Morgan fingerprint density at radius 1 is 1.50 bits per heavy atom. The van der Waals surface area contributed by atoms with Crippen LogP contribution in [0.3, 0.4) is 0 Å². The average molecular weight is 227 g/mol. The first kappa shape index (κ1) is 10.7. The molecule has 1 rings (SSSR count). The van der Waals surface area contributed by atoms with Gasteiger partial charge in [0.15, 0.2) is 5.69 Å². The molecule has 0 aliphatic carbocycles. The molecule has 0 radical (unpaired) electrons. The Hall–Kier alpha value is -1.37. The highest BCUT2D eigenvalue weighted by atomic mass is 35.5. The van der Waals surface area contributed by atoms with E-state index >= 15 is 0 Å². The molecule has 0 N–H and O–H groups in total. The van der Waals surface area contributed by atoms with E-state index in [0.717, 1.165) is 0 Å². The second-order valence-electron chi connectivity index (χ2n) is 2.28. The van der Waals surface area contributed by atoms with Gasteiger partial charge in [-0.15, -0.1) is 0 Å². The molecule has 1 heterocycles. The van der Waals surface area contributed by atoms with E-state index in [1.807, 2.05) is 0 Å². The van der Waals surface area contributed by atoms with E-state index in [9.17, 15) is 23.3 Å². The van der Waals surface area contributed by atoms with Gasteiger partial charge in [-0.1, -0.05) is 11.6 Å². The summed E-state index contributed by atoms with van der Waals surface area (Å²) in [6.45, 7) is 0. The summed E-state index contributed by atoms with van der Waals surface area (Å²) in [5.41, 5.74) is -1.91. The fourth-order valence-electron chi connectivity index (χ4n) is 0.736. The Kier molecular flexibility index (Phi) is 2.61. The molecule has 0 saturated heterocycles. The zero-order chi connectivity index (χ0) is 10.9. The minimum Gasteiger partial charge on any atom is -0.258 e. The molecule has 4 nitrogen and oxygen atoms in total. The number of hydrogen-bond donors (Lipinski definition) is 0. The minimum absolute atomic E-state index is 0.509. The van der Waals surface area contributed by atoms with Crippen LogP contribution in [0.4, 0.5) is 18.9 Å². The van der Waals surface area contributed by atoms with Gasteiger partial charge in [0, 0.05) is 6.07 Å². The van der Waals surface area contributed by atoms with Crippen molar-refractivity contribution in [1.82, 2.24) is 4.98 Å². The van der Waals surface area contributed by atoms with Crippen molar-refractivity contribution < 1.29 is 18.1 Å². The normalized spacial score (nSPS) is 11.4. The van der Waals surface area contributed by atoms with Crippen molar-refractivity contribution in [1.29, 1.82) is 0 Å². The summed E-state index contributed by atoms with van der Waals surface area (Å²) < 4.78 is 36.2. The molecule has 0 bridgehead atoms. The summed E-state index contributed by atoms with van der Waals surface area (Å²) in [7, 11) is 0. The Bertz CT molecular complexity index is 380. The smallest absolute Gasteiger partial charge is 0.258 e. The van der Waals surface area contributed by atoms with E-state index in [4.69, 9.17) is 11.6 Å². The molecular formula is C6H2ClF3N2O2. The molecule has 1 aromatic heterocycles. The number of rotatable bonds is 1. The highest BCUT2D eigenvalue weighted by Gasteiger charge is 2.35. The number of halogens is 4. The molecular weight excluding hydrogens is 225 g/mol. The van der Waals surface area contributed by atoms with E-state index < -0.39 is 27.5 Å². The first-order valence-corrected chi connectivity index (χ1v) is 3.57. The van der Waals surface area contributed by atoms with Crippen molar-refractivity contribution in [2.75, 3.05) is 0 Å². The maximum Gasteiger partial charge on any atom is 0.434 e. The number of hydrogen-bond acceptors (Lipinski definition) is 3. The maximum atomic E-state index is 12.1. The molecule has 0 saturated carbocycles. The predicted octanol–water partition coefficient (Wildman–Crippen LogP) is 2.66. The summed E-state index contributed by atoms with van der Waals surface area (Å²) in [6, 6.07) is 0.609. The molecule has 14 heavy (non-hydrogen) atoms. The molecule has 76 valence electrons. The Balaban J connectivity index is 3.21. The van der Waals surface area contributed by atoms with Crippen LogP contribution in [0.15, 0.2) is 12.3 Å². The van der Waals surface area contributed by atoms with Gasteiger partial charge in [-0.2, -0.15) is 13.2 Å². The van der Waals surface area contributed by atoms with Gasteiger partial charge < -0.3 is 0 Å². The third kappa shape index (κ3) is 2.11. The van der Waals surface area contributed by atoms with Crippen molar-refractivity contribution >= 4 is 17.3 Å². The lowest BCUT2D eigenvalue weighted by Crippen LogP contribution is -2.09. The number of nitro groups is 1. The van der Waals surface area contributed by atoms with Crippen LogP contribution in [0.5, 0.6) is 0 Å². The van der Waals surface area contributed by atoms with E-state index in [1.165, 1.54) is 0 Å².